The van der Waals surface area contributed by atoms with Gasteiger partial charge in [0.05, 0.1) is 31.3 Å². The number of nitrogens with zero attached hydrogens (tertiary/aromatic N) is 1. The molecule has 1 aliphatic rings. The molecule has 1 heterocycles. The zero-order valence-corrected chi connectivity index (χ0v) is 17.2. The molecular weight excluding hydrogens is 390 g/mol. The van der Waals surface area contributed by atoms with Crippen LogP contribution in [0.25, 0.3) is 5.57 Å². The molecule has 0 saturated carbocycles. The Balaban J connectivity index is 1.81. The minimum absolute atomic E-state index is 0.0661. The second kappa shape index (κ2) is 9.62. The molecule has 0 saturated heterocycles. The van der Waals surface area contributed by atoms with Crippen LogP contribution in [0, 0.1) is 0 Å². The number of rotatable bonds is 9. The summed E-state index contributed by atoms with van der Waals surface area (Å²) in [5, 5.41) is 9.17. The maximum absolute atomic E-state index is 13.1. The Morgan fingerprint density at radius 3 is 2.34 bits per heavy atom. The Morgan fingerprint density at radius 2 is 1.69 bits per heavy atom. The summed E-state index contributed by atoms with van der Waals surface area (Å²) in [4.78, 5) is 27.7. The van der Waals surface area contributed by atoms with E-state index in [9.17, 15) is 14.7 Å². The van der Waals surface area contributed by atoms with Crippen LogP contribution in [0.3, 0.4) is 0 Å². The van der Waals surface area contributed by atoms with E-state index in [0.717, 1.165) is 5.56 Å². The number of ether oxygens (including phenoxy) is 2. The molecule has 2 amide bonds. The van der Waals surface area contributed by atoms with Crippen LogP contribution < -0.4 is 9.47 Å². The average Bonchev–Trinajstić information content (AvgIpc) is 3.00. The first-order chi connectivity index (χ1) is 14.1. The largest absolute Gasteiger partial charge is 0.493 e. The van der Waals surface area contributed by atoms with Gasteiger partial charge in [-0.2, -0.15) is 0 Å². The number of thioether (sulfide) groups is 1. The Labute approximate surface area is 174 Å². The number of aliphatic hydroxyl groups excluding tert-OH is 1. The van der Waals surface area contributed by atoms with E-state index in [4.69, 9.17) is 9.47 Å². The van der Waals surface area contributed by atoms with Crippen LogP contribution in [-0.4, -0.2) is 54.9 Å². The lowest BCUT2D eigenvalue weighted by Gasteiger charge is -2.16. The van der Waals surface area contributed by atoms with E-state index >= 15 is 0 Å². The van der Waals surface area contributed by atoms with Crippen molar-refractivity contribution in [1.29, 1.82) is 0 Å². The van der Waals surface area contributed by atoms with Gasteiger partial charge in [0.15, 0.2) is 11.5 Å². The first-order valence-electron chi connectivity index (χ1n) is 9.21. The number of imide groups is 1. The number of benzene rings is 2. The van der Waals surface area contributed by atoms with Crippen molar-refractivity contribution in [3.8, 4) is 11.5 Å². The summed E-state index contributed by atoms with van der Waals surface area (Å²) in [6, 6.07) is 14.7. The summed E-state index contributed by atoms with van der Waals surface area (Å²) in [5.74, 6) is 0.968. The molecule has 1 aliphatic heterocycles. The lowest BCUT2D eigenvalue weighted by Crippen LogP contribution is -2.33. The zero-order valence-electron chi connectivity index (χ0n) is 16.4. The fourth-order valence-corrected chi connectivity index (χ4v) is 4.05. The Kier molecular flexibility index (Phi) is 6.95. The zero-order chi connectivity index (χ0) is 20.8. The highest BCUT2D eigenvalue weighted by atomic mass is 32.2. The minimum Gasteiger partial charge on any atom is -0.493 e. The molecule has 0 bridgehead atoms. The van der Waals surface area contributed by atoms with Crippen LogP contribution in [0.4, 0.5) is 0 Å². The van der Waals surface area contributed by atoms with Gasteiger partial charge >= 0.3 is 0 Å². The summed E-state index contributed by atoms with van der Waals surface area (Å²) in [7, 11) is 3.14. The van der Waals surface area contributed by atoms with Crippen LogP contribution in [0.5, 0.6) is 11.5 Å². The van der Waals surface area contributed by atoms with Gasteiger partial charge in [0.1, 0.15) is 0 Å². The molecule has 0 unspecified atom stereocenters. The molecule has 7 heteroatoms. The first-order valence-corrected chi connectivity index (χ1v) is 10.2. The fraction of sp³-hybridized carbons (Fsp3) is 0.273. The second-order valence-electron chi connectivity index (χ2n) is 6.34. The predicted octanol–water partition coefficient (Wildman–Crippen LogP) is 2.75. The molecule has 6 nitrogen and oxygen atoms in total. The molecule has 2 aromatic carbocycles. The van der Waals surface area contributed by atoms with Crippen molar-refractivity contribution in [2.24, 2.45) is 0 Å². The van der Waals surface area contributed by atoms with E-state index in [-0.39, 0.29) is 25.0 Å². The van der Waals surface area contributed by atoms with Gasteiger partial charge in [-0.25, -0.2) is 0 Å². The summed E-state index contributed by atoms with van der Waals surface area (Å²) in [6.45, 7) is 0.190. The molecule has 0 aliphatic carbocycles. The fourth-order valence-electron chi connectivity index (χ4n) is 3.17. The number of hydrogen-bond donors (Lipinski definition) is 1. The van der Waals surface area contributed by atoms with Crippen LogP contribution in [0.1, 0.15) is 11.1 Å². The summed E-state index contributed by atoms with van der Waals surface area (Å²) in [5.41, 5.74) is 2.04. The van der Waals surface area contributed by atoms with Crippen LogP contribution in [0.15, 0.2) is 53.4 Å². The Bertz CT molecular complexity index is 926. The predicted molar refractivity (Wildman–Crippen MR) is 113 cm³/mol. The maximum Gasteiger partial charge on any atom is 0.267 e. The van der Waals surface area contributed by atoms with Gasteiger partial charge in [-0.05, 0) is 29.7 Å². The van der Waals surface area contributed by atoms with Crippen molar-refractivity contribution >= 4 is 29.1 Å². The molecule has 0 spiro atoms. The van der Waals surface area contributed by atoms with Crippen molar-refractivity contribution in [1.82, 2.24) is 4.90 Å². The summed E-state index contributed by atoms with van der Waals surface area (Å²) < 4.78 is 10.6. The molecule has 0 radical (unpaired) electrons. The highest BCUT2D eigenvalue weighted by molar-refractivity contribution is 8.04. The van der Waals surface area contributed by atoms with Gasteiger partial charge in [0.25, 0.3) is 11.8 Å². The minimum atomic E-state index is -0.312. The normalized spacial score (nSPS) is 14.0. The number of carbonyl (C=O) groups excluding carboxylic acids is 2. The number of amides is 2. The third kappa shape index (κ3) is 4.46. The van der Waals surface area contributed by atoms with Crippen molar-refractivity contribution in [2.75, 3.05) is 33.1 Å². The molecule has 2 aromatic rings. The highest BCUT2D eigenvalue weighted by Gasteiger charge is 2.38. The van der Waals surface area contributed by atoms with E-state index < -0.39 is 0 Å². The molecule has 1 N–H and O–H groups in total. The Morgan fingerprint density at radius 1 is 0.966 bits per heavy atom. The highest BCUT2D eigenvalue weighted by Crippen LogP contribution is 2.36. The van der Waals surface area contributed by atoms with Crippen molar-refractivity contribution < 1.29 is 24.2 Å². The number of hydrogen-bond acceptors (Lipinski definition) is 6. The van der Waals surface area contributed by atoms with Crippen molar-refractivity contribution in [3.63, 3.8) is 0 Å². The summed E-state index contributed by atoms with van der Waals surface area (Å²) in [6.07, 6.45) is 0.498. The SMILES string of the molecule is COc1ccc(CCN2C(=O)C(SCCO)=C(c3ccccc3)C2=O)cc1OC. The third-order valence-corrected chi connectivity index (χ3v) is 5.65. The molecular formula is C22H23NO5S. The smallest absolute Gasteiger partial charge is 0.267 e. The molecule has 3 rings (SSSR count). The molecule has 152 valence electrons. The second-order valence-corrected chi connectivity index (χ2v) is 7.45. The first kappa shape index (κ1) is 21.0. The van der Waals surface area contributed by atoms with E-state index in [1.807, 2.05) is 42.5 Å². The molecule has 29 heavy (non-hydrogen) atoms. The van der Waals surface area contributed by atoms with Crippen molar-refractivity contribution in [3.05, 3.63) is 64.6 Å². The average molecular weight is 413 g/mol. The van der Waals surface area contributed by atoms with Crippen molar-refractivity contribution in [2.45, 2.75) is 6.42 Å². The van der Waals surface area contributed by atoms with Crippen LogP contribution in [-0.2, 0) is 16.0 Å². The van der Waals surface area contributed by atoms with E-state index in [1.165, 1.54) is 16.7 Å². The monoisotopic (exact) mass is 413 g/mol. The van der Waals surface area contributed by atoms with Gasteiger partial charge in [-0.1, -0.05) is 36.4 Å². The third-order valence-electron chi connectivity index (χ3n) is 4.60. The maximum atomic E-state index is 13.1. The van der Waals surface area contributed by atoms with E-state index in [2.05, 4.69) is 0 Å². The Hall–Kier alpha value is -2.77. The summed E-state index contributed by atoms with van der Waals surface area (Å²) >= 11 is 1.22. The van der Waals surface area contributed by atoms with Gasteiger partial charge in [-0.3, -0.25) is 14.5 Å². The lowest BCUT2D eigenvalue weighted by atomic mass is 10.1. The molecule has 0 fully saturated rings. The van der Waals surface area contributed by atoms with E-state index in [1.54, 1.807) is 20.3 Å². The lowest BCUT2D eigenvalue weighted by molar-refractivity contribution is -0.136. The number of methoxy groups -OCH3 is 2. The number of carbonyl (C=O) groups is 2. The van der Waals surface area contributed by atoms with Gasteiger partial charge in [0.2, 0.25) is 0 Å². The van der Waals surface area contributed by atoms with Gasteiger partial charge < -0.3 is 14.6 Å². The quantitative estimate of drug-likeness (QED) is 0.637. The van der Waals surface area contributed by atoms with Gasteiger partial charge in [0, 0.05) is 12.3 Å². The van der Waals surface area contributed by atoms with Gasteiger partial charge in [-0.15, -0.1) is 11.8 Å². The topological polar surface area (TPSA) is 76.1 Å². The molecule has 0 aromatic heterocycles. The van der Waals surface area contributed by atoms with Crippen LogP contribution in [0.2, 0.25) is 0 Å². The van der Waals surface area contributed by atoms with Crippen LogP contribution >= 0.6 is 11.8 Å². The van der Waals surface area contributed by atoms with E-state index in [0.29, 0.717) is 39.7 Å². The number of aliphatic hydroxyl groups is 1. The molecule has 0 atom stereocenters. The standard InChI is InChI=1S/C22H23NO5S/c1-27-17-9-8-15(14-18(17)28-2)10-11-23-21(25)19(16-6-4-3-5-7-16)20(22(23)26)29-13-12-24/h3-9,14,24H,10-13H2,1-2H3.